The lowest BCUT2D eigenvalue weighted by Gasteiger charge is -2.47. The zero-order chi connectivity index (χ0) is 18.3. The number of para-hydroxylation sites is 2. The lowest BCUT2D eigenvalue weighted by molar-refractivity contribution is -0.123. The van der Waals surface area contributed by atoms with Gasteiger partial charge in [-0.2, -0.15) is 0 Å². The first-order valence-electron chi connectivity index (χ1n) is 9.57. The van der Waals surface area contributed by atoms with Gasteiger partial charge < -0.3 is 9.80 Å². The number of fused-ring (bicyclic) bond motifs is 3. The second-order valence-electron chi connectivity index (χ2n) is 7.72. The van der Waals surface area contributed by atoms with Gasteiger partial charge in [0.2, 0.25) is 15.9 Å². The second-order valence-corrected chi connectivity index (χ2v) is 9.70. The minimum atomic E-state index is -3.16. The number of sulfonamides is 1. The van der Waals surface area contributed by atoms with Crippen molar-refractivity contribution in [1.82, 2.24) is 4.31 Å². The molecular weight excluding hydrogens is 350 g/mol. The number of hydrogen-bond donors (Lipinski definition) is 0. The highest BCUT2D eigenvalue weighted by atomic mass is 32.2. The molecule has 1 amide bonds. The predicted molar refractivity (Wildman–Crippen MR) is 103 cm³/mol. The van der Waals surface area contributed by atoms with Crippen molar-refractivity contribution >= 4 is 27.3 Å². The molecule has 1 atom stereocenters. The Kier molecular flexibility index (Phi) is 4.69. The highest BCUT2D eigenvalue weighted by Crippen LogP contribution is 2.39. The van der Waals surface area contributed by atoms with E-state index in [-0.39, 0.29) is 11.8 Å². The van der Waals surface area contributed by atoms with E-state index >= 15 is 0 Å². The Hall–Kier alpha value is -1.60. The Morgan fingerprint density at radius 1 is 1.00 bits per heavy atom. The molecule has 3 heterocycles. The van der Waals surface area contributed by atoms with Crippen molar-refractivity contribution in [2.45, 2.75) is 38.1 Å². The number of amides is 1. The number of carbonyl (C=O) groups excluding carboxylic acids is 1. The molecule has 0 saturated carbocycles. The third kappa shape index (κ3) is 3.22. The van der Waals surface area contributed by atoms with Crippen LogP contribution in [0.5, 0.6) is 0 Å². The van der Waals surface area contributed by atoms with Crippen LogP contribution in [0.1, 0.15) is 32.1 Å². The quantitative estimate of drug-likeness (QED) is 0.792. The molecule has 3 aliphatic rings. The van der Waals surface area contributed by atoms with Crippen LogP contribution in [0.3, 0.4) is 0 Å². The molecule has 2 saturated heterocycles. The van der Waals surface area contributed by atoms with E-state index in [9.17, 15) is 13.2 Å². The molecule has 0 aromatic heterocycles. The largest absolute Gasteiger partial charge is 0.365 e. The molecule has 6 nitrogen and oxygen atoms in total. The fourth-order valence-corrected chi connectivity index (χ4v) is 5.49. The summed E-state index contributed by atoms with van der Waals surface area (Å²) in [7, 11) is -3.16. The summed E-state index contributed by atoms with van der Waals surface area (Å²) in [6.45, 7) is 2.71. The number of hydrogen-bond acceptors (Lipinski definition) is 4. The van der Waals surface area contributed by atoms with Crippen molar-refractivity contribution in [1.29, 1.82) is 0 Å². The zero-order valence-corrected chi connectivity index (χ0v) is 16.1. The molecule has 1 aromatic rings. The van der Waals surface area contributed by atoms with Crippen molar-refractivity contribution in [3.63, 3.8) is 0 Å². The molecule has 2 fully saturated rings. The predicted octanol–water partition coefficient (Wildman–Crippen LogP) is 2.06. The number of anilines is 2. The van der Waals surface area contributed by atoms with E-state index in [2.05, 4.69) is 11.0 Å². The molecule has 0 spiro atoms. The van der Waals surface area contributed by atoms with Gasteiger partial charge in [0.25, 0.3) is 0 Å². The Balaban J connectivity index is 1.54. The maximum atomic E-state index is 13.3. The van der Waals surface area contributed by atoms with E-state index in [0.29, 0.717) is 32.0 Å². The summed E-state index contributed by atoms with van der Waals surface area (Å²) in [5.41, 5.74) is 2.19. The number of carbonyl (C=O) groups is 1. The van der Waals surface area contributed by atoms with Crippen molar-refractivity contribution in [2.75, 3.05) is 42.2 Å². The van der Waals surface area contributed by atoms with Gasteiger partial charge in [-0.15, -0.1) is 0 Å². The molecule has 1 unspecified atom stereocenters. The topological polar surface area (TPSA) is 60.9 Å². The summed E-state index contributed by atoms with van der Waals surface area (Å²) < 4.78 is 24.9. The van der Waals surface area contributed by atoms with Crippen LogP contribution >= 0.6 is 0 Å². The van der Waals surface area contributed by atoms with Crippen LogP contribution in [0.4, 0.5) is 11.4 Å². The molecule has 0 bridgehead atoms. The van der Waals surface area contributed by atoms with Crippen molar-refractivity contribution in [3.05, 3.63) is 24.3 Å². The highest BCUT2D eigenvalue weighted by Gasteiger charge is 2.38. The first kappa shape index (κ1) is 17.8. The van der Waals surface area contributed by atoms with E-state index in [1.54, 1.807) is 0 Å². The minimum Gasteiger partial charge on any atom is -0.365 e. The van der Waals surface area contributed by atoms with Gasteiger partial charge in [0, 0.05) is 38.1 Å². The van der Waals surface area contributed by atoms with Gasteiger partial charge in [-0.3, -0.25) is 4.79 Å². The van der Waals surface area contributed by atoms with Gasteiger partial charge >= 0.3 is 0 Å². The summed E-state index contributed by atoms with van der Waals surface area (Å²) in [5, 5.41) is 0. The summed E-state index contributed by atoms with van der Waals surface area (Å²) in [6.07, 6.45) is 6.02. The first-order valence-corrected chi connectivity index (χ1v) is 11.4. The van der Waals surface area contributed by atoms with Crippen LogP contribution in [0.2, 0.25) is 0 Å². The molecule has 0 N–H and O–H groups in total. The Morgan fingerprint density at radius 3 is 2.38 bits per heavy atom. The van der Waals surface area contributed by atoms with Gasteiger partial charge in [0.1, 0.15) is 0 Å². The molecular formula is C19H27N3O3S. The monoisotopic (exact) mass is 377 g/mol. The van der Waals surface area contributed by atoms with Crippen LogP contribution in [0.15, 0.2) is 24.3 Å². The molecule has 4 rings (SSSR count). The van der Waals surface area contributed by atoms with Crippen LogP contribution in [-0.4, -0.2) is 57.1 Å². The van der Waals surface area contributed by atoms with Crippen molar-refractivity contribution in [3.8, 4) is 0 Å². The van der Waals surface area contributed by atoms with Crippen LogP contribution in [0.25, 0.3) is 0 Å². The number of benzene rings is 1. The summed E-state index contributed by atoms with van der Waals surface area (Å²) in [6, 6.07) is 8.61. The van der Waals surface area contributed by atoms with Gasteiger partial charge in [-0.1, -0.05) is 12.1 Å². The molecule has 7 heteroatoms. The smallest absolute Gasteiger partial charge is 0.230 e. The summed E-state index contributed by atoms with van der Waals surface area (Å²) in [4.78, 5) is 17.7. The van der Waals surface area contributed by atoms with Gasteiger partial charge in [-0.25, -0.2) is 12.7 Å². The van der Waals surface area contributed by atoms with Gasteiger partial charge in [0.15, 0.2) is 0 Å². The van der Waals surface area contributed by atoms with E-state index < -0.39 is 10.0 Å². The molecule has 0 aliphatic carbocycles. The molecule has 26 heavy (non-hydrogen) atoms. The third-order valence-electron chi connectivity index (χ3n) is 6.04. The molecule has 0 radical (unpaired) electrons. The van der Waals surface area contributed by atoms with Crippen molar-refractivity contribution in [2.24, 2.45) is 5.92 Å². The van der Waals surface area contributed by atoms with E-state index in [0.717, 1.165) is 25.2 Å². The highest BCUT2D eigenvalue weighted by molar-refractivity contribution is 7.88. The van der Waals surface area contributed by atoms with Gasteiger partial charge in [-0.05, 0) is 44.2 Å². The summed E-state index contributed by atoms with van der Waals surface area (Å²) in [5.74, 6) is 0.0759. The lowest BCUT2D eigenvalue weighted by Crippen LogP contribution is -2.54. The fraction of sp³-hybridized carbons (Fsp3) is 0.632. The van der Waals surface area contributed by atoms with Crippen LogP contribution in [0, 0.1) is 5.92 Å². The lowest BCUT2D eigenvalue weighted by atomic mass is 9.93. The second kappa shape index (κ2) is 6.85. The Morgan fingerprint density at radius 2 is 1.69 bits per heavy atom. The van der Waals surface area contributed by atoms with E-state index in [1.807, 2.05) is 23.1 Å². The molecule has 1 aromatic carbocycles. The molecule has 142 valence electrons. The SMILES string of the molecule is CS(=O)(=O)N1CCC(C(=O)N2CC3CCCCN3c3ccccc32)CC1. The number of rotatable bonds is 2. The van der Waals surface area contributed by atoms with Crippen LogP contribution < -0.4 is 9.80 Å². The first-order chi connectivity index (χ1) is 12.4. The maximum absolute atomic E-state index is 13.3. The van der Waals surface area contributed by atoms with Gasteiger partial charge in [0.05, 0.1) is 17.6 Å². The third-order valence-corrected chi connectivity index (χ3v) is 7.34. The van der Waals surface area contributed by atoms with Crippen molar-refractivity contribution < 1.29 is 13.2 Å². The summed E-state index contributed by atoms with van der Waals surface area (Å²) >= 11 is 0. The van der Waals surface area contributed by atoms with E-state index in [4.69, 9.17) is 0 Å². The number of piperidine rings is 2. The fourth-order valence-electron chi connectivity index (χ4n) is 4.62. The van der Waals surface area contributed by atoms with E-state index in [1.165, 1.54) is 29.1 Å². The normalized spacial score (nSPS) is 24.9. The minimum absolute atomic E-state index is 0.0869. The molecule has 3 aliphatic heterocycles. The standard InChI is InChI=1S/C19H27N3O3S/c1-26(24,25)20-12-9-15(10-13-20)19(23)22-14-16-6-4-5-11-21(16)17-7-2-3-8-18(17)22/h2-3,7-8,15-16H,4-6,9-14H2,1H3. The number of nitrogens with zero attached hydrogens (tertiary/aromatic N) is 3. The zero-order valence-electron chi connectivity index (χ0n) is 15.3. The maximum Gasteiger partial charge on any atom is 0.230 e. The average molecular weight is 378 g/mol. The average Bonchev–Trinajstić information content (AvgIpc) is 2.66. The Labute approximate surface area is 155 Å². The Bertz CT molecular complexity index is 787. The van der Waals surface area contributed by atoms with Crippen LogP contribution in [-0.2, 0) is 14.8 Å².